The summed E-state index contributed by atoms with van der Waals surface area (Å²) < 4.78 is 0. The third-order valence-electron chi connectivity index (χ3n) is 4.84. The Morgan fingerprint density at radius 1 is 0.893 bits per heavy atom. The van der Waals surface area contributed by atoms with Gasteiger partial charge in [0.15, 0.2) is 5.72 Å². The summed E-state index contributed by atoms with van der Waals surface area (Å²) >= 11 is 0. The first kappa shape index (κ1) is 20.8. The lowest BCUT2D eigenvalue weighted by Crippen LogP contribution is -2.58. The van der Waals surface area contributed by atoms with E-state index in [1.54, 1.807) is 24.3 Å². The van der Waals surface area contributed by atoms with Gasteiger partial charge in [0, 0.05) is 58.8 Å². The Morgan fingerprint density at radius 2 is 1.54 bits per heavy atom. The number of hydrogen-bond donors (Lipinski definition) is 5. The Labute approximate surface area is 166 Å². The highest BCUT2D eigenvalue weighted by Gasteiger charge is 2.37. The van der Waals surface area contributed by atoms with E-state index in [9.17, 15) is 5.11 Å². The molecule has 2 heterocycles. The summed E-state index contributed by atoms with van der Waals surface area (Å²) in [6.45, 7) is 8.28. The van der Waals surface area contributed by atoms with Crippen molar-refractivity contribution in [3.05, 3.63) is 48.6 Å². The zero-order chi connectivity index (χ0) is 19.5. The molecule has 1 atom stereocenters. The summed E-state index contributed by atoms with van der Waals surface area (Å²) in [6.07, 6.45) is 8.91. The van der Waals surface area contributed by atoms with E-state index < -0.39 is 5.72 Å². The summed E-state index contributed by atoms with van der Waals surface area (Å²) in [4.78, 5) is 13.6. The molecule has 2 fully saturated rings. The Balaban J connectivity index is 0.000000320. The molecule has 1 unspecified atom stereocenters. The summed E-state index contributed by atoms with van der Waals surface area (Å²) in [5, 5.41) is 19.0. The third kappa shape index (κ3) is 6.30. The second-order valence-corrected chi connectivity index (χ2v) is 6.85. The van der Waals surface area contributed by atoms with Crippen molar-refractivity contribution >= 4 is 0 Å². The molecule has 1 aromatic carbocycles. The predicted octanol–water partition coefficient (Wildman–Crippen LogP) is 0.504. The smallest absolute Gasteiger partial charge is 0.168 e. The van der Waals surface area contributed by atoms with Gasteiger partial charge in [0.1, 0.15) is 11.5 Å². The van der Waals surface area contributed by atoms with Gasteiger partial charge in [-0.15, -0.1) is 0 Å². The summed E-state index contributed by atoms with van der Waals surface area (Å²) in [7, 11) is 0. The monoisotopic (exact) mass is 389 g/mol. The number of aromatic hydroxyl groups is 1. The highest BCUT2D eigenvalue weighted by molar-refractivity contribution is 5.29. The molecular formula is C20H31N5O3. The van der Waals surface area contributed by atoms with Crippen LogP contribution in [0.1, 0.15) is 6.42 Å². The SMILES string of the molecule is C1CNCCN1.Oc1ccc(ONOC2(N3CCNCC3)C=CC=CC2)cc1. The molecule has 8 heteroatoms. The Bertz CT molecular complexity index is 616. The van der Waals surface area contributed by atoms with E-state index >= 15 is 0 Å². The molecule has 0 amide bonds. The minimum Gasteiger partial charge on any atom is -0.508 e. The maximum atomic E-state index is 9.26. The Morgan fingerprint density at radius 3 is 2.11 bits per heavy atom. The number of nitrogens with zero attached hydrogens (tertiary/aromatic N) is 1. The molecule has 2 aliphatic heterocycles. The number of allylic oxidation sites excluding steroid dienone is 2. The second-order valence-electron chi connectivity index (χ2n) is 6.85. The van der Waals surface area contributed by atoms with E-state index in [-0.39, 0.29) is 5.75 Å². The number of piperazine rings is 2. The van der Waals surface area contributed by atoms with Crippen molar-refractivity contribution in [3.8, 4) is 11.5 Å². The van der Waals surface area contributed by atoms with E-state index in [0.29, 0.717) is 5.75 Å². The standard InChI is InChI=1S/C16H21N3O3.C4H10N2/c20-14-4-6-15(7-5-14)21-18-22-16(8-2-1-3-9-16)19-12-10-17-11-13-19;1-2-6-4-3-5-1/h1-8,17-18,20H,9-13H2;5-6H,1-4H2. The molecule has 0 radical (unpaired) electrons. The molecule has 1 aromatic rings. The quantitative estimate of drug-likeness (QED) is 0.466. The van der Waals surface area contributed by atoms with Gasteiger partial charge >= 0.3 is 0 Å². The fourth-order valence-electron chi connectivity index (χ4n) is 3.27. The average molecular weight is 390 g/mol. The minimum absolute atomic E-state index is 0.200. The van der Waals surface area contributed by atoms with Gasteiger partial charge in [0.05, 0.1) is 0 Å². The lowest BCUT2D eigenvalue weighted by molar-refractivity contribution is -0.233. The zero-order valence-electron chi connectivity index (χ0n) is 16.2. The maximum absolute atomic E-state index is 9.26. The average Bonchev–Trinajstić information content (AvgIpc) is 2.78. The Kier molecular flexibility index (Phi) is 8.28. The highest BCUT2D eigenvalue weighted by Crippen LogP contribution is 2.27. The molecule has 0 spiro atoms. The number of nitrogens with one attached hydrogen (secondary N) is 4. The van der Waals surface area contributed by atoms with Gasteiger partial charge in [0.25, 0.3) is 0 Å². The molecule has 0 bridgehead atoms. The van der Waals surface area contributed by atoms with Crippen LogP contribution in [0.25, 0.3) is 0 Å². The molecule has 4 rings (SSSR count). The highest BCUT2D eigenvalue weighted by atomic mass is 16.9. The van der Waals surface area contributed by atoms with Gasteiger partial charge in [-0.05, 0) is 36.0 Å². The minimum atomic E-state index is -0.534. The van der Waals surface area contributed by atoms with Gasteiger partial charge < -0.3 is 25.9 Å². The topological polar surface area (TPSA) is 90.0 Å². The van der Waals surface area contributed by atoms with Crippen molar-refractivity contribution in [2.45, 2.75) is 12.1 Å². The van der Waals surface area contributed by atoms with E-state index in [1.165, 1.54) is 0 Å². The van der Waals surface area contributed by atoms with E-state index in [2.05, 4.69) is 32.6 Å². The molecule has 0 aromatic heterocycles. The predicted molar refractivity (Wildman–Crippen MR) is 109 cm³/mol. The maximum Gasteiger partial charge on any atom is 0.168 e. The molecular weight excluding hydrogens is 358 g/mol. The third-order valence-corrected chi connectivity index (χ3v) is 4.84. The molecule has 5 N–H and O–H groups in total. The number of hydrogen-bond acceptors (Lipinski definition) is 8. The van der Waals surface area contributed by atoms with Crippen LogP contribution in [0.15, 0.2) is 48.6 Å². The lowest BCUT2D eigenvalue weighted by Gasteiger charge is -2.43. The van der Waals surface area contributed by atoms with Gasteiger partial charge in [-0.2, -0.15) is 0 Å². The lowest BCUT2D eigenvalue weighted by atomic mass is 10.0. The van der Waals surface area contributed by atoms with Gasteiger partial charge in [-0.3, -0.25) is 4.90 Å². The van der Waals surface area contributed by atoms with Crippen LogP contribution in [0.5, 0.6) is 11.5 Å². The molecule has 2 saturated heterocycles. The molecule has 0 saturated carbocycles. The first-order valence-corrected chi connectivity index (χ1v) is 9.89. The van der Waals surface area contributed by atoms with Crippen molar-refractivity contribution in [1.29, 1.82) is 0 Å². The number of phenolic OH excluding ortho intramolecular Hbond substituents is 1. The van der Waals surface area contributed by atoms with Crippen molar-refractivity contribution in [2.75, 3.05) is 52.4 Å². The van der Waals surface area contributed by atoms with Crippen LogP contribution < -0.4 is 26.4 Å². The summed E-state index contributed by atoms with van der Waals surface area (Å²) in [5.41, 5.74) is 2.07. The normalized spacial score (nSPS) is 25.0. The molecule has 154 valence electrons. The molecule has 28 heavy (non-hydrogen) atoms. The van der Waals surface area contributed by atoms with E-state index in [1.807, 2.05) is 18.2 Å². The number of rotatable bonds is 5. The number of phenols is 1. The fourth-order valence-corrected chi connectivity index (χ4v) is 3.27. The molecule has 8 nitrogen and oxygen atoms in total. The van der Waals surface area contributed by atoms with Gasteiger partial charge in [-0.25, -0.2) is 4.84 Å². The van der Waals surface area contributed by atoms with Crippen LogP contribution in [0.3, 0.4) is 0 Å². The van der Waals surface area contributed by atoms with Crippen molar-refractivity contribution in [3.63, 3.8) is 0 Å². The first-order chi connectivity index (χ1) is 13.8. The van der Waals surface area contributed by atoms with Crippen LogP contribution in [-0.4, -0.2) is 68.1 Å². The summed E-state index contributed by atoms with van der Waals surface area (Å²) in [6, 6.07) is 6.46. The Hall–Kier alpha value is -1.94. The second kappa shape index (κ2) is 11.2. The fraction of sp³-hybridized carbons (Fsp3) is 0.500. The first-order valence-electron chi connectivity index (χ1n) is 9.89. The zero-order valence-corrected chi connectivity index (χ0v) is 16.2. The summed E-state index contributed by atoms with van der Waals surface area (Å²) in [5.74, 6) is 0.773. The van der Waals surface area contributed by atoms with Crippen molar-refractivity contribution in [1.82, 2.24) is 26.5 Å². The molecule has 1 aliphatic carbocycles. The van der Waals surface area contributed by atoms with Crippen LogP contribution >= 0.6 is 0 Å². The van der Waals surface area contributed by atoms with E-state index in [0.717, 1.165) is 58.8 Å². The van der Waals surface area contributed by atoms with Crippen molar-refractivity contribution in [2.24, 2.45) is 0 Å². The molecule has 3 aliphatic rings. The van der Waals surface area contributed by atoms with E-state index in [4.69, 9.17) is 9.68 Å². The number of benzene rings is 1. The van der Waals surface area contributed by atoms with Crippen LogP contribution in [0.4, 0.5) is 0 Å². The van der Waals surface area contributed by atoms with Crippen molar-refractivity contribution < 1.29 is 14.8 Å². The van der Waals surface area contributed by atoms with Gasteiger partial charge in [0.2, 0.25) is 0 Å². The largest absolute Gasteiger partial charge is 0.508 e. The van der Waals surface area contributed by atoms with Gasteiger partial charge in [-0.1, -0.05) is 18.2 Å². The van der Waals surface area contributed by atoms with Crippen LogP contribution in [-0.2, 0) is 4.84 Å². The van der Waals surface area contributed by atoms with Crippen LogP contribution in [0.2, 0.25) is 0 Å². The van der Waals surface area contributed by atoms with Crippen LogP contribution in [0, 0.1) is 0 Å².